The SMILES string of the molecule is CS[C@H]1O[C@@H](c2ccc(C)c(Cc3ccc(CCCC(=O)NCCN(C)Cc4cn(-c5cc6ccc(O)cc6oc5=O)nn4)cc3)c2)[C@H](O)[C@@H](O)[C@@H]1O. The summed E-state index contributed by atoms with van der Waals surface area (Å²) in [5.41, 5.74) is 5.14. The van der Waals surface area contributed by atoms with Gasteiger partial charge >= 0.3 is 5.63 Å². The zero-order valence-corrected chi connectivity index (χ0v) is 30.7. The predicted molar refractivity (Wildman–Crippen MR) is 201 cm³/mol. The molecule has 1 saturated heterocycles. The van der Waals surface area contributed by atoms with Gasteiger partial charge < -0.3 is 34.9 Å². The summed E-state index contributed by atoms with van der Waals surface area (Å²) in [6, 6.07) is 20.4. The van der Waals surface area contributed by atoms with Crippen LogP contribution in [0.5, 0.6) is 5.75 Å². The van der Waals surface area contributed by atoms with E-state index < -0.39 is 35.5 Å². The first-order valence-corrected chi connectivity index (χ1v) is 18.8. The van der Waals surface area contributed by atoms with Gasteiger partial charge in [0.05, 0.1) is 11.9 Å². The molecule has 0 bridgehead atoms. The molecule has 5 N–H and O–H groups in total. The number of aliphatic hydroxyl groups excluding tert-OH is 3. The fraction of sp³-hybridized carbons (Fsp3) is 0.385. The Kier molecular flexibility index (Phi) is 12.3. The average Bonchev–Trinajstić information content (AvgIpc) is 3.60. The highest BCUT2D eigenvalue weighted by Gasteiger charge is 2.44. The number of aromatic hydroxyl groups is 1. The highest BCUT2D eigenvalue weighted by Crippen LogP contribution is 2.36. The van der Waals surface area contributed by atoms with Gasteiger partial charge in [0.1, 0.15) is 41.2 Å². The summed E-state index contributed by atoms with van der Waals surface area (Å²) in [6.45, 7) is 3.58. The molecule has 13 nitrogen and oxygen atoms in total. The van der Waals surface area contributed by atoms with Crippen molar-refractivity contribution >= 4 is 28.6 Å². The van der Waals surface area contributed by atoms with Gasteiger partial charge in [0.2, 0.25) is 5.91 Å². The summed E-state index contributed by atoms with van der Waals surface area (Å²) in [4.78, 5) is 27.0. The molecule has 0 aliphatic carbocycles. The largest absolute Gasteiger partial charge is 0.508 e. The van der Waals surface area contributed by atoms with Gasteiger partial charge in [0.15, 0.2) is 5.69 Å². The fourth-order valence-corrected chi connectivity index (χ4v) is 7.11. The van der Waals surface area contributed by atoms with E-state index >= 15 is 0 Å². The molecule has 6 rings (SSSR count). The number of likely N-dealkylation sites (N-methyl/N-ethyl adjacent to an activating group) is 1. The number of amides is 1. The molecule has 0 radical (unpaired) electrons. The van der Waals surface area contributed by atoms with Gasteiger partial charge in [-0.3, -0.25) is 9.69 Å². The number of aliphatic hydroxyl groups is 3. The number of phenolic OH excluding ortho intramolecular Hbond substituents is 1. The minimum Gasteiger partial charge on any atom is -0.508 e. The van der Waals surface area contributed by atoms with E-state index in [0.29, 0.717) is 43.6 Å². The van der Waals surface area contributed by atoms with Crippen molar-refractivity contribution in [3.8, 4) is 11.4 Å². The Morgan fingerprint density at radius 1 is 1.00 bits per heavy atom. The number of aromatic nitrogens is 3. The monoisotopic (exact) mass is 743 g/mol. The lowest BCUT2D eigenvalue weighted by Gasteiger charge is -2.40. The molecule has 280 valence electrons. The second kappa shape index (κ2) is 17.1. The molecule has 0 saturated carbocycles. The van der Waals surface area contributed by atoms with Gasteiger partial charge in [-0.2, -0.15) is 0 Å². The average molecular weight is 744 g/mol. The number of benzene rings is 3. The zero-order valence-electron chi connectivity index (χ0n) is 29.9. The van der Waals surface area contributed by atoms with E-state index in [0.717, 1.165) is 40.7 Å². The summed E-state index contributed by atoms with van der Waals surface area (Å²) in [7, 11) is 1.91. The van der Waals surface area contributed by atoms with Crippen molar-refractivity contribution in [2.24, 2.45) is 0 Å². The maximum absolute atomic E-state index is 12.5. The number of carbonyl (C=O) groups excluding carboxylic acids is 1. The number of aryl methyl sites for hydroxylation is 2. The molecule has 5 atom stereocenters. The van der Waals surface area contributed by atoms with Crippen molar-refractivity contribution in [2.45, 2.75) is 69.0 Å². The molecule has 0 unspecified atom stereocenters. The molecule has 0 spiro atoms. The molecule has 1 aliphatic heterocycles. The summed E-state index contributed by atoms with van der Waals surface area (Å²) >= 11 is 1.30. The van der Waals surface area contributed by atoms with Crippen LogP contribution in [-0.2, 0) is 28.9 Å². The van der Waals surface area contributed by atoms with Crippen molar-refractivity contribution in [3.05, 3.63) is 117 Å². The molecule has 3 heterocycles. The van der Waals surface area contributed by atoms with Crippen LogP contribution in [0.15, 0.2) is 82.1 Å². The highest BCUT2D eigenvalue weighted by atomic mass is 32.2. The second-order valence-electron chi connectivity index (χ2n) is 13.5. The lowest BCUT2D eigenvalue weighted by Crippen LogP contribution is -2.52. The predicted octanol–water partition coefficient (Wildman–Crippen LogP) is 3.39. The lowest BCUT2D eigenvalue weighted by atomic mass is 9.91. The Bertz CT molecular complexity index is 2080. The normalized spacial score (nSPS) is 20.2. The first kappa shape index (κ1) is 38.2. The number of nitrogens with one attached hydrogen (secondary N) is 1. The van der Waals surface area contributed by atoms with E-state index in [2.05, 4.69) is 39.9 Å². The van der Waals surface area contributed by atoms with Gasteiger partial charge in [-0.15, -0.1) is 16.9 Å². The maximum atomic E-state index is 12.5. The maximum Gasteiger partial charge on any atom is 0.362 e. The third-order valence-corrected chi connectivity index (χ3v) is 10.4. The molecule has 5 aromatic rings. The Morgan fingerprint density at radius 2 is 1.77 bits per heavy atom. The Balaban J connectivity index is 0.922. The van der Waals surface area contributed by atoms with Crippen molar-refractivity contribution in [3.63, 3.8) is 0 Å². The van der Waals surface area contributed by atoms with Crippen LogP contribution < -0.4 is 10.9 Å². The molecular weight excluding hydrogens is 699 g/mol. The van der Waals surface area contributed by atoms with Crippen LogP contribution in [0.2, 0.25) is 0 Å². The topological polar surface area (TPSA) is 183 Å². The number of rotatable bonds is 14. The third kappa shape index (κ3) is 9.33. The first-order valence-electron chi connectivity index (χ1n) is 17.5. The summed E-state index contributed by atoms with van der Waals surface area (Å²) in [5, 5.41) is 52.8. The highest BCUT2D eigenvalue weighted by molar-refractivity contribution is 7.99. The number of nitrogens with zero attached hydrogens (tertiary/aromatic N) is 4. The van der Waals surface area contributed by atoms with Crippen LogP contribution in [-0.4, -0.2) is 96.4 Å². The number of hydrogen-bond donors (Lipinski definition) is 5. The molecular formula is C39H45N5O8S. The van der Waals surface area contributed by atoms with Gasteiger partial charge in [-0.25, -0.2) is 9.48 Å². The Hall–Kier alpha value is -4.57. The van der Waals surface area contributed by atoms with E-state index in [1.807, 2.05) is 37.1 Å². The summed E-state index contributed by atoms with van der Waals surface area (Å²) in [5.74, 6) is 0.000824. The molecule has 1 aliphatic rings. The van der Waals surface area contributed by atoms with E-state index in [9.17, 15) is 30.0 Å². The number of fused-ring (bicyclic) bond motifs is 1. The van der Waals surface area contributed by atoms with Gasteiger partial charge in [0, 0.05) is 37.5 Å². The van der Waals surface area contributed by atoms with Crippen LogP contribution in [0, 0.1) is 6.92 Å². The standard InChI is InChI=1S/C39H45N5O8S/c1-23-7-12-27(37-35(48)34(47)36(49)39(52-37)53-3)18-28(23)17-25-10-8-24(9-11-25)5-4-6-33(46)40-15-16-43(2)21-29-22-44(42-41-29)31-19-26-13-14-30(45)20-32(26)51-38(31)50/h7-14,18-20,22,34-37,39,45,47-49H,4-6,15-17,21H2,1-3H3,(H,40,46)/t34-,35-,36+,37+,39-/m1/s1. The van der Waals surface area contributed by atoms with Gasteiger partial charge in [-0.1, -0.05) is 47.7 Å². The minimum atomic E-state index is -1.29. The van der Waals surface area contributed by atoms with E-state index in [-0.39, 0.29) is 22.9 Å². The fourth-order valence-electron chi connectivity index (χ4n) is 6.44. The molecule has 14 heteroatoms. The van der Waals surface area contributed by atoms with Crippen molar-refractivity contribution in [1.29, 1.82) is 0 Å². The number of thioether (sulfide) groups is 1. The summed E-state index contributed by atoms with van der Waals surface area (Å²) in [6.07, 6.45) is 1.62. The number of phenols is 1. The second-order valence-corrected chi connectivity index (χ2v) is 14.5. The van der Waals surface area contributed by atoms with Crippen LogP contribution in [0.4, 0.5) is 0 Å². The van der Waals surface area contributed by atoms with Crippen molar-refractivity contribution in [1.82, 2.24) is 25.2 Å². The van der Waals surface area contributed by atoms with Crippen molar-refractivity contribution in [2.75, 3.05) is 26.4 Å². The Morgan fingerprint density at radius 3 is 2.55 bits per heavy atom. The molecule has 2 aromatic heterocycles. The Labute approximate surface area is 311 Å². The van der Waals surface area contributed by atoms with Crippen LogP contribution in [0.3, 0.4) is 0 Å². The quantitative estimate of drug-likeness (QED) is 0.105. The molecule has 1 amide bonds. The third-order valence-electron chi connectivity index (χ3n) is 9.53. The molecule has 3 aromatic carbocycles. The zero-order chi connectivity index (χ0) is 37.6. The number of hydrogen-bond acceptors (Lipinski definition) is 12. The summed E-state index contributed by atoms with van der Waals surface area (Å²) < 4.78 is 12.7. The smallest absolute Gasteiger partial charge is 0.362 e. The first-order chi connectivity index (χ1) is 25.5. The van der Waals surface area contributed by atoms with Gasteiger partial charge in [0.25, 0.3) is 0 Å². The van der Waals surface area contributed by atoms with E-state index in [4.69, 9.17) is 9.15 Å². The van der Waals surface area contributed by atoms with Crippen LogP contribution in [0.1, 0.15) is 52.5 Å². The lowest BCUT2D eigenvalue weighted by molar-refractivity contribution is -0.200. The number of carbonyl (C=O) groups is 1. The van der Waals surface area contributed by atoms with Crippen molar-refractivity contribution < 1.29 is 34.4 Å². The molecule has 53 heavy (non-hydrogen) atoms. The number of ether oxygens (including phenoxy) is 1. The van der Waals surface area contributed by atoms with E-state index in [1.54, 1.807) is 24.6 Å². The van der Waals surface area contributed by atoms with Crippen LogP contribution >= 0.6 is 11.8 Å². The van der Waals surface area contributed by atoms with Crippen LogP contribution in [0.25, 0.3) is 16.7 Å². The van der Waals surface area contributed by atoms with E-state index in [1.165, 1.54) is 28.6 Å². The minimum absolute atomic E-state index is 0.00869. The van der Waals surface area contributed by atoms with Gasteiger partial charge in [-0.05, 0) is 85.5 Å². The molecule has 1 fully saturated rings.